The molecule has 0 spiro atoms. The Bertz CT molecular complexity index is 1040. The molecule has 33 heavy (non-hydrogen) atoms. The fraction of sp³-hybridized carbons (Fsp3) is 0.600. The number of fused-ring (bicyclic) bond motifs is 2. The van der Waals surface area contributed by atoms with Crippen LogP contribution in [0.4, 0.5) is 10.5 Å². The Labute approximate surface area is 193 Å². The van der Waals surface area contributed by atoms with Crippen molar-refractivity contribution in [3.63, 3.8) is 0 Å². The van der Waals surface area contributed by atoms with E-state index in [4.69, 9.17) is 9.47 Å². The van der Waals surface area contributed by atoms with Crippen LogP contribution in [-0.4, -0.2) is 81.6 Å². The second-order valence-corrected chi connectivity index (χ2v) is 17.0. The molecule has 11 nitrogen and oxygen atoms in total. The van der Waals surface area contributed by atoms with Gasteiger partial charge in [-0.05, 0) is 18.5 Å². The number of piperidine rings is 1. The largest absolute Gasteiger partial charge is 0.467 e. The minimum Gasteiger partial charge on any atom is -0.467 e. The van der Waals surface area contributed by atoms with Gasteiger partial charge in [-0.3, -0.25) is 15.0 Å². The van der Waals surface area contributed by atoms with Gasteiger partial charge in [-0.1, -0.05) is 31.8 Å². The highest BCUT2D eigenvalue weighted by Gasteiger charge is 2.54. The number of benzene rings is 1. The molecule has 2 aliphatic rings. The monoisotopic (exact) mass is 499 g/mol. The van der Waals surface area contributed by atoms with Gasteiger partial charge in [0, 0.05) is 33.1 Å². The molecule has 2 fully saturated rings. The van der Waals surface area contributed by atoms with Crippen molar-refractivity contribution in [1.29, 1.82) is 0 Å². The van der Waals surface area contributed by atoms with Crippen molar-refractivity contribution in [2.75, 3.05) is 26.8 Å². The minimum absolute atomic E-state index is 0.0661. The molecule has 3 atom stereocenters. The molecule has 13 heteroatoms. The molecule has 182 valence electrons. The number of hydrogen-bond donors (Lipinski definition) is 0. The van der Waals surface area contributed by atoms with Crippen molar-refractivity contribution in [3.8, 4) is 0 Å². The van der Waals surface area contributed by atoms with E-state index < -0.39 is 63.7 Å². The highest BCUT2D eigenvalue weighted by Crippen LogP contribution is 2.39. The molecule has 2 aliphatic heterocycles. The quantitative estimate of drug-likeness (QED) is 0.241. The summed E-state index contributed by atoms with van der Waals surface area (Å²) in [5, 5.41) is 11.4. The van der Waals surface area contributed by atoms with Crippen LogP contribution in [0.3, 0.4) is 0 Å². The zero-order valence-corrected chi connectivity index (χ0v) is 20.9. The van der Waals surface area contributed by atoms with E-state index in [1.54, 1.807) is 0 Å². The van der Waals surface area contributed by atoms with Gasteiger partial charge in [0.05, 0.1) is 24.7 Å². The molecule has 1 aromatic carbocycles. The number of sulfonamides is 1. The third kappa shape index (κ3) is 5.19. The lowest BCUT2D eigenvalue weighted by Crippen LogP contribution is -2.48. The zero-order chi connectivity index (χ0) is 24.6. The predicted molar refractivity (Wildman–Crippen MR) is 121 cm³/mol. The highest BCUT2D eigenvalue weighted by atomic mass is 32.2. The van der Waals surface area contributed by atoms with Gasteiger partial charge in [-0.25, -0.2) is 18.0 Å². The number of para-hydroxylation sites is 1. The standard InChI is InChI=1S/C20H29N3O8SSi/c1-30-19(24)18-14-11-15(22(18)20(25)31-9-10-33(2,3)4)13-21(12-14)32(28,29)17-8-6-5-7-16(17)23(26)27/h5-8,14-15,18H,9-13H2,1-4H3/t14-,15+,18+/m0/s1. The van der Waals surface area contributed by atoms with E-state index in [0.29, 0.717) is 6.42 Å². The smallest absolute Gasteiger partial charge is 0.410 e. The molecule has 0 radical (unpaired) electrons. The second kappa shape index (κ2) is 9.39. The number of rotatable bonds is 7. The Hall–Kier alpha value is -2.51. The van der Waals surface area contributed by atoms with Crippen LogP contribution in [0.1, 0.15) is 6.42 Å². The topological polar surface area (TPSA) is 136 Å². The molecular weight excluding hydrogens is 470 g/mol. The first-order valence-electron chi connectivity index (χ1n) is 10.6. The number of nitrogens with zero attached hydrogens (tertiary/aromatic N) is 3. The third-order valence-corrected chi connectivity index (χ3v) is 9.56. The van der Waals surface area contributed by atoms with E-state index in [9.17, 15) is 28.1 Å². The molecule has 3 rings (SSSR count). The maximum Gasteiger partial charge on any atom is 0.410 e. The van der Waals surface area contributed by atoms with Crippen molar-refractivity contribution in [1.82, 2.24) is 9.21 Å². The molecule has 2 bridgehead atoms. The van der Waals surface area contributed by atoms with Crippen LogP contribution in [0.25, 0.3) is 0 Å². The number of carbonyl (C=O) groups excluding carboxylic acids is 2. The molecule has 0 unspecified atom stereocenters. The number of ether oxygens (including phenoxy) is 2. The van der Waals surface area contributed by atoms with Gasteiger partial charge < -0.3 is 9.47 Å². The lowest BCUT2D eigenvalue weighted by atomic mass is 9.96. The molecule has 0 saturated carbocycles. The first-order chi connectivity index (χ1) is 15.4. The number of nitro benzene ring substituents is 1. The molecule has 0 N–H and O–H groups in total. The zero-order valence-electron chi connectivity index (χ0n) is 19.1. The predicted octanol–water partition coefficient (Wildman–Crippen LogP) is 2.31. The molecule has 0 aromatic heterocycles. The van der Waals surface area contributed by atoms with E-state index >= 15 is 0 Å². The molecule has 1 amide bonds. The summed E-state index contributed by atoms with van der Waals surface area (Å²) < 4.78 is 38.1. The van der Waals surface area contributed by atoms with Crippen molar-refractivity contribution in [3.05, 3.63) is 34.4 Å². The van der Waals surface area contributed by atoms with Crippen LogP contribution < -0.4 is 0 Å². The Balaban J connectivity index is 1.88. The van der Waals surface area contributed by atoms with Crippen LogP contribution in [0.15, 0.2) is 29.2 Å². The summed E-state index contributed by atoms with van der Waals surface area (Å²) in [6, 6.07) is 4.28. The van der Waals surface area contributed by atoms with E-state index in [1.807, 2.05) is 0 Å². The van der Waals surface area contributed by atoms with E-state index in [-0.39, 0.29) is 19.7 Å². The average molecular weight is 500 g/mol. The number of amides is 1. The average Bonchev–Trinajstić information content (AvgIpc) is 3.01. The third-order valence-electron chi connectivity index (χ3n) is 5.98. The van der Waals surface area contributed by atoms with Gasteiger partial charge in [0.25, 0.3) is 5.69 Å². The molecular formula is C20H29N3O8SSi. The van der Waals surface area contributed by atoms with Crippen molar-refractivity contribution >= 4 is 35.8 Å². The maximum absolute atomic E-state index is 13.3. The number of hydrogen-bond acceptors (Lipinski definition) is 8. The van der Waals surface area contributed by atoms with Crippen molar-refractivity contribution in [2.24, 2.45) is 5.92 Å². The number of nitro groups is 1. The molecule has 2 heterocycles. The Kier molecular flexibility index (Phi) is 7.15. The highest BCUT2D eigenvalue weighted by molar-refractivity contribution is 7.89. The van der Waals surface area contributed by atoms with Gasteiger partial charge in [0.1, 0.15) is 6.04 Å². The molecule has 2 saturated heterocycles. The summed E-state index contributed by atoms with van der Waals surface area (Å²) in [6.45, 7) is 6.49. The van der Waals surface area contributed by atoms with Crippen LogP contribution in [0.2, 0.25) is 25.7 Å². The summed E-state index contributed by atoms with van der Waals surface area (Å²) in [5.41, 5.74) is -0.525. The summed E-state index contributed by atoms with van der Waals surface area (Å²) in [6.07, 6.45) is -0.271. The number of carbonyl (C=O) groups is 2. The van der Waals surface area contributed by atoms with Crippen LogP contribution in [-0.2, 0) is 24.3 Å². The lowest BCUT2D eigenvalue weighted by Gasteiger charge is -2.31. The summed E-state index contributed by atoms with van der Waals surface area (Å²) in [7, 11) is -4.48. The van der Waals surface area contributed by atoms with Gasteiger partial charge in [0.2, 0.25) is 10.0 Å². The van der Waals surface area contributed by atoms with Gasteiger partial charge in [0.15, 0.2) is 4.90 Å². The first-order valence-corrected chi connectivity index (χ1v) is 15.8. The first kappa shape index (κ1) is 25.1. The summed E-state index contributed by atoms with van der Waals surface area (Å²) in [5.74, 6) is -1.16. The van der Waals surface area contributed by atoms with Gasteiger partial charge in [-0.2, -0.15) is 4.31 Å². The Morgan fingerprint density at radius 3 is 2.48 bits per heavy atom. The number of esters is 1. The summed E-state index contributed by atoms with van der Waals surface area (Å²) >= 11 is 0. The fourth-order valence-electron chi connectivity index (χ4n) is 4.32. The van der Waals surface area contributed by atoms with Gasteiger partial charge >= 0.3 is 12.1 Å². The fourth-order valence-corrected chi connectivity index (χ4v) is 6.73. The van der Waals surface area contributed by atoms with Crippen molar-refractivity contribution < 1.29 is 32.4 Å². The van der Waals surface area contributed by atoms with E-state index in [1.165, 1.54) is 30.2 Å². The van der Waals surface area contributed by atoms with Gasteiger partial charge in [-0.15, -0.1) is 0 Å². The molecule has 0 aliphatic carbocycles. The van der Waals surface area contributed by atoms with E-state index in [2.05, 4.69) is 19.6 Å². The SMILES string of the molecule is COC(=O)[C@H]1[C@H]2C[C@H](CN(S(=O)(=O)c3ccccc3[N+](=O)[O-])C2)N1C(=O)OCC[Si](C)(C)C. The van der Waals surface area contributed by atoms with Crippen LogP contribution in [0, 0.1) is 16.0 Å². The van der Waals surface area contributed by atoms with E-state index in [0.717, 1.165) is 16.4 Å². The van der Waals surface area contributed by atoms with Crippen LogP contribution >= 0.6 is 0 Å². The minimum atomic E-state index is -4.24. The lowest BCUT2D eigenvalue weighted by molar-refractivity contribution is -0.387. The Morgan fingerprint density at radius 2 is 1.88 bits per heavy atom. The Morgan fingerprint density at radius 1 is 1.21 bits per heavy atom. The number of methoxy groups -OCH3 is 1. The second-order valence-electron chi connectivity index (χ2n) is 9.50. The van der Waals surface area contributed by atoms with Crippen LogP contribution in [0.5, 0.6) is 0 Å². The molecule has 1 aromatic rings. The normalized spacial score (nSPS) is 23.3. The number of likely N-dealkylation sites (tertiary alicyclic amines) is 1. The summed E-state index contributed by atoms with van der Waals surface area (Å²) in [4.78, 5) is 37.0. The maximum atomic E-state index is 13.3. The van der Waals surface area contributed by atoms with Crippen molar-refractivity contribution in [2.45, 2.75) is 49.1 Å².